The highest BCUT2D eigenvalue weighted by Gasteiger charge is 2.30. The zero-order valence-corrected chi connectivity index (χ0v) is 16.2. The summed E-state index contributed by atoms with van der Waals surface area (Å²) < 4.78 is 0. The third kappa shape index (κ3) is 6.42. The number of hydrogen-bond acceptors (Lipinski definition) is 5. The van der Waals surface area contributed by atoms with Gasteiger partial charge in [0.05, 0.1) is 0 Å². The Morgan fingerprint density at radius 1 is 0.929 bits per heavy atom. The minimum atomic E-state index is -1.25. The molecule has 6 nitrogen and oxygen atoms in total. The van der Waals surface area contributed by atoms with E-state index in [0.717, 1.165) is 31.8 Å². The minimum absolute atomic E-state index is 0.0653. The number of nitriles is 4. The van der Waals surface area contributed by atoms with Crippen LogP contribution in [0, 0.1) is 51.2 Å². The van der Waals surface area contributed by atoms with Gasteiger partial charge < -0.3 is 5.11 Å². The van der Waals surface area contributed by atoms with Gasteiger partial charge >= 0.3 is 5.97 Å². The van der Waals surface area contributed by atoms with Crippen molar-refractivity contribution in [2.45, 2.75) is 64.7 Å². The third-order valence-electron chi connectivity index (χ3n) is 4.92. The first-order valence-electron chi connectivity index (χ1n) is 9.54. The molecular weight excluding hydrogens is 352 g/mol. The zero-order chi connectivity index (χ0) is 20.9. The number of hydrogen-bond donors (Lipinski definition) is 1. The molecule has 28 heavy (non-hydrogen) atoms. The molecule has 0 aromatic heterocycles. The number of aliphatic carboxylic acids is 1. The summed E-state index contributed by atoms with van der Waals surface area (Å²) >= 11 is 0. The number of allylic oxidation sites excluding steroid dienone is 5. The number of rotatable bonds is 8. The molecule has 0 atom stereocenters. The maximum atomic E-state index is 11.3. The number of carbonyl (C=O) groups is 1. The van der Waals surface area contributed by atoms with E-state index in [0.29, 0.717) is 24.0 Å². The molecular formula is C22H24N4O2. The van der Waals surface area contributed by atoms with E-state index in [1.807, 2.05) is 24.3 Å². The average molecular weight is 376 g/mol. The first-order chi connectivity index (χ1) is 13.5. The molecule has 0 spiro atoms. The largest absolute Gasteiger partial charge is 0.478 e. The van der Waals surface area contributed by atoms with E-state index >= 15 is 0 Å². The Kier molecular flexibility index (Phi) is 9.82. The molecule has 0 aromatic carbocycles. The van der Waals surface area contributed by atoms with E-state index < -0.39 is 5.97 Å². The molecule has 0 unspecified atom stereocenters. The predicted molar refractivity (Wildman–Crippen MR) is 103 cm³/mol. The fourth-order valence-corrected chi connectivity index (χ4v) is 3.56. The average Bonchev–Trinajstić information content (AvgIpc) is 2.68. The predicted octanol–water partition coefficient (Wildman–Crippen LogP) is 4.85. The molecule has 6 heteroatoms. The van der Waals surface area contributed by atoms with Crippen LogP contribution in [0.25, 0.3) is 0 Å². The molecule has 0 amide bonds. The van der Waals surface area contributed by atoms with E-state index in [1.54, 1.807) is 0 Å². The van der Waals surface area contributed by atoms with Crippen molar-refractivity contribution < 1.29 is 9.90 Å². The van der Waals surface area contributed by atoms with E-state index in [1.165, 1.54) is 19.3 Å². The lowest BCUT2D eigenvalue weighted by Crippen LogP contribution is -2.17. The van der Waals surface area contributed by atoms with Crippen molar-refractivity contribution in [3.63, 3.8) is 0 Å². The Morgan fingerprint density at radius 3 is 1.82 bits per heavy atom. The monoisotopic (exact) mass is 376 g/mol. The second-order valence-electron chi connectivity index (χ2n) is 6.88. The second kappa shape index (κ2) is 12.1. The molecule has 1 aliphatic carbocycles. The molecule has 1 N–H and O–H groups in total. The summed E-state index contributed by atoms with van der Waals surface area (Å²) in [6.07, 6.45) is 9.35. The molecule has 1 rings (SSSR count). The van der Waals surface area contributed by atoms with Gasteiger partial charge in [0.2, 0.25) is 0 Å². The van der Waals surface area contributed by atoms with Crippen molar-refractivity contribution in [1.82, 2.24) is 0 Å². The lowest BCUT2D eigenvalue weighted by Gasteiger charge is -2.29. The Balaban J connectivity index is 3.22. The smallest absolute Gasteiger partial charge is 0.328 e. The zero-order valence-electron chi connectivity index (χ0n) is 16.2. The molecule has 0 aliphatic heterocycles. The van der Waals surface area contributed by atoms with E-state index in [9.17, 15) is 30.9 Å². The van der Waals surface area contributed by atoms with Crippen molar-refractivity contribution >= 4 is 5.97 Å². The van der Waals surface area contributed by atoms with E-state index in [4.69, 9.17) is 0 Å². The molecule has 0 radical (unpaired) electrons. The molecule has 1 saturated carbocycles. The molecule has 1 fully saturated rings. The Labute approximate surface area is 166 Å². The molecule has 0 heterocycles. The van der Waals surface area contributed by atoms with Crippen LogP contribution in [0.3, 0.4) is 0 Å². The van der Waals surface area contributed by atoms with Crippen molar-refractivity contribution in [2.24, 2.45) is 5.92 Å². The van der Waals surface area contributed by atoms with Crippen LogP contribution in [-0.4, -0.2) is 11.1 Å². The second-order valence-corrected chi connectivity index (χ2v) is 6.88. The van der Waals surface area contributed by atoms with Crippen LogP contribution in [0.4, 0.5) is 0 Å². The van der Waals surface area contributed by atoms with Gasteiger partial charge in [-0.05, 0) is 41.9 Å². The lowest BCUT2D eigenvalue weighted by molar-refractivity contribution is -0.131. The highest BCUT2D eigenvalue weighted by Crippen LogP contribution is 2.42. The summed E-state index contributed by atoms with van der Waals surface area (Å²) in [7, 11) is 0. The van der Waals surface area contributed by atoms with Crippen LogP contribution in [0.1, 0.15) is 64.7 Å². The SMILES string of the molecule is CCCCCCCCC1CC(=C(C#N)C#N)C(=CC(=O)O)C(=C(C#N)C#N)C1. The highest BCUT2D eigenvalue weighted by atomic mass is 16.4. The fourth-order valence-electron chi connectivity index (χ4n) is 3.56. The van der Waals surface area contributed by atoms with Crippen LogP contribution in [-0.2, 0) is 4.79 Å². The summed E-state index contributed by atoms with van der Waals surface area (Å²) in [5.74, 6) is -1.18. The number of nitrogens with zero attached hydrogens (tertiary/aromatic N) is 4. The molecule has 144 valence electrons. The van der Waals surface area contributed by atoms with Gasteiger partial charge in [0.15, 0.2) is 0 Å². The Bertz CT molecular complexity index is 765. The molecule has 0 bridgehead atoms. The van der Waals surface area contributed by atoms with Crippen LogP contribution in [0.2, 0.25) is 0 Å². The van der Waals surface area contributed by atoms with Crippen molar-refractivity contribution in [3.8, 4) is 24.3 Å². The third-order valence-corrected chi connectivity index (χ3v) is 4.92. The lowest BCUT2D eigenvalue weighted by atomic mass is 9.73. The molecule has 0 aromatic rings. The van der Waals surface area contributed by atoms with Gasteiger partial charge in [0, 0.05) is 6.08 Å². The van der Waals surface area contributed by atoms with Crippen LogP contribution in [0.15, 0.2) is 33.9 Å². The van der Waals surface area contributed by atoms with E-state index in [-0.39, 0.29) is 22.6 Å². The van der Waals surface area contributed by atoms with Crippen LogP contribution in [0.5, 0.6) is 0 Å². The molecule has 0 saturated heterocycles. The topological polar surface area (TPSA) is 132 Å². The Hall–Kier alpha value is -3.35. The summed E-state index contributed by atoms with van der Waals surface area (Å²) in [5, 5.41) is 46.4. The van der Waals surface area contributed by atoms with Gasteiger partial charge in [-0.1, -0.05) is 45.4 Å². The van der Waals surface area contributed by atoms with Crippen molar-refractivity contribution in [1.29, 1.82) is 21.0 Å². The first kappa shape index (κ1) is 22.7. The maximum Gasteiger partial charge on any atom is 0.328 e. The van der Waals surface area contributed by atoms with Gasteiger partial charge in [-0.2, -0.15) is 21.0 Å². The van der Waals surface area contributed by atoms with Gasteiger partial charge in [0.1, 0.15) is 35.4 Å². The number of carboxylic acids is 1. The summed E-state index contributed by atoms with van der Waals surface area (Å²) in [6.45, 7) is 2.16. The number of unbranched alkanes of at least 4 members (excludes halogenated alkanes) is 5. The quantitative estimate of drug-likeness (QED) is 0.366. The van der Waals surface area contributed by atoms with Gasteiger partial charge in [0.25, 0.3) is 0 Å². The van der Waals surface area contributed by atoms with Crippen molar-refractivity contribution in [3.05, 3.63) is 33.9 Å². The number of carboxylic acid groups (broad SMARTS) is 1. The van der Waals surface area contributed by atoms with Crippen LogP contribution >= 0.6 is 0 Å². The van der Waals surface area contributed by atoms with Gasteiger partial charge in [-0.15, -0.1) is 0 Å². The minimum Gasteiger partial charge on any atom is -0.478 e. The van der Waals surface area contributed by atoms with Gasteiger partial charge in [-0.3, -0.25) is 0 Å². The van der Waals surface area contributed by atoms with Crippen molar-refractivity contribution in [2.75, 3.05) is 0 Å². The normalized spacial score (nSPS) is 15.6. The summed E-state index contributed by atoms with van der Waals surface area (Å²) in [5.41, 5.74) is 0.490. The fraction of sp³-hybridized carbons (Fsp3) is 0.500. The highest BCUT2D eigenvalue weighted by molar-refractivity contribution is 5.84. The summed E-state index contributed by atoms with van der Waals surface area (Å²) in [6, 6.07) is 7.31. The van der Waals surface area contributed by atoms with Crippen LogP contribution < -0.4 is 0 Å². The summed E-state index contributed by atoms with van der Waals surface area (Å²) in [4.78, 5) is 11.3. The van der Waals surface area contributed by atoms with Gasteiger partial charge in [-0.25, -0.2) is 4.79 Å². The molecule has 1 aliphatic rings. The maximum absolute atomic E-state index is 11.3. The Morgan fingerprint density at radius 2 is 1.39 bits per heavy atom. The van der Waals surface area contributed by atoms with E-state index in [2.05, 4.69) is 6.92 Å². The standard InChI is InChI=1S/C22H24N4O2/c1-2-3-4-5-6-7-8-16-9-19(17(12-23)13-24)21(11-22(27)28)20(10-16)18(14-25)15-26/h11,16H,2-10H2,1H3,(H,27,28). The first-order valence-corrected chi connectivity index (χ1v) is 9.54.